The first-order valence-electron chi connectivity index (χ1n) is 6.28. The molecule has 0 aliphatic rings. The summed E-state index contributed by atoms with van der Waals surface area (Å²) in [5.41, 5.74) is 2.17. The molecule has 18 heavy (non-hydrogen) atoms. The van der Waals surface area contributed by atoms with E-state index in [-0.39, 0.29) is 17.4 Å². The molecule has 0 aliphatic heterocycles. The fourth-order valence-electron chi connectivity index (χ4n) is 2.32. The third-order valence-corrected chi connectivity index (χ3v) is 3.11. The first-order valence-corrected chi connectivity index (χ1v) is 6.28. The minimum absolute atomic E-state index is 0.113. The molecule has 2 heteroatoms. The summed E-state index contributed by atoms with van der Waals surface area (Å²) in [4.78, 5) is 0. The van der Waals surface area contributed by atoms with E-state index in [1.54, 1.807) is 12.1 Å². The molecule has 0 saturated carbocycles. The highest BCUT2D eigenvalue weighted by Gasteiger charge is 2.14. The second-order valence-electron chi connectivity index (χ2n) is 4.53. The zero-order chi connectivity index (χ0) is 13.0. The van der Waals surface area contributed by atoms with Crippen LogP contribution in [0.4, 0.5) is 0 Å². The minimum Gasteiger partial charge on any atom is -0.508 e. The first kappa shape index (κ1) is 12.5. The summed E-state index contributed by atoms with van der Waals surface area (Å²) in [6.45, 7) is 2.14. The van der Waals surface area contributed by atoms with Gasteiger partial charge in [0.15, 0.2) is 0 Å². The zero-order valence-electron chi connectivity index (χ0n) is 10.5. The zero-order valence-corrected chi connectivity index (χ0v) is 10.5. The van der Waals surface area contributed by atoms with Gasteiger partial charge in [-0.25, -0.2) is 0 Å². The quantitative estimate of drug-likeness (QED) is 0.849. The van der Waals surface area contributed by atoms with E-state index in [0.29, 0.717) is 0 Å². The molecule has 2 rings (SSSR count). The van der Waals surface area contributed by atoms with Crippen LogP contribution in [0, 0.1) is 0 Å². The van der Waals surface area contributed by atoms with E-state index in [1.807, 2.05) is 18.2 Å². The molecule has 1 unspecified atom stereocenters. The Morgan fingerprint density at radius 3 is 2.06 bits per heavy atom. The van der Waals surface area contributed by atoms with Crippen molar-refractivity contribution in [2.45, 2.75) is 25.7 Å². The van der Waals surface area contributed by atoms with E-state index in [0.717, 1.165) is 18.4 Å². The molecule has 2 N–H and O–H groups in total. The predicted octanol–water partition coefficient (Wildman–Crippen LogP) is 4.03. The Kier molecular flexibility index (Phi) is 3.88. The highest BCUT2D eigenvalue weighted by molar-refractivity contribution is 5.42. The highest BCUT2D eigenvalue weighted by Crippen LogP contribution is 2.33. The Hall–Kier alpha value is -1.96. The van der Waals surface area contributed by atoms with Gasteiger partial charge in [-0.05, 0) is 29.7 Å². The van der Waals surface area contributed by atoms with Crippen LogP contribution in [0.1, 0.15) is 36.8 Å². The van der Waals surface area contributed by atoms with E-state index in [1.165, 1.54) is 11.6 Å². The van der Waals surface area contributed by atoms with Crippen LogP contribution in [0.2, 0.25) is 0 Å². The molecule has 0 fully saturated rings. The number of hydrogen-bond donors (Lipinski definition) is 2. The third-order valence-electron chi connectivity index (χ3n) is 3.11. The lowest BCUT2D eigenvalue weighted by Crippen LogP contribution is -2.00. The van der Waals surface area contributed by atoms with Gasteiger partial charge in [-0.15, -0.1) is 0 Å². The van der Waals surface area contributed by atoms with Gasteiger partial charge in [0.25, 0.3) is 0 Å². The van der Waals surface area contributed by atoms with Gasteiger partial charge < -0.3 is 10.2 Å². The average Bonchev–Trinajstić information content (AvgIpc) is 2.36. The SMILES string of the molecule is CCCC(c1ccccc1)c1cc(O)cc(O)c1. The maximum atomic E-state index is 9.60. The summed E-state index contributed by atoms with van der Waals surface area (Å²) in [6.07, 6.45) is 2.04. The molecule has 94 valence electrons. The molecule has 2 aromatic carbocycles. The van der Waals surface area contributed by atoms with Gasteiger partial charge in [0, 0.05) is 12.0 Å². The van der Waals surface area contributed by atoms with Crippen LogP contribution in [-0.2, 0) is 0 Å². The van der Waals surface area contributed by atoms with Crippen LogP contribution in [0.3, 0.4) is 0 Å². The van der Waals surface area contributed by atoms with Gasteiger partial charge in [-0.1, -0.05) is 43.7 Å². The van der Waals surface area contributed by atoms with E-state index in [2.05, 4.69) is 19.1 Å². The van der Waals surface area contributed by atoms with Gasteiger partial charge in [-0.2, -0.15) is 0 Å². The van der Waals surface area contributed by atoms with Crippen molar-refractivity contribution in [3.05, 3.63) is 59.7 Å². The summed E-state index contributed by atoms with van der Waals surface area (Å²) in [5.74, 6) is 0.443. The molecule has 0 amide bonds. The lowest BCUT2D eigenvalue weighted by molar-refractivity contribution is 0.448. The van der Waals surface area contributed by atoms with Gasteiger partial charge >= 0.3 is 0 Å². The van der Waals surface area contributed by atoms with Gasteiger partial charge in [0.05, 0.1) is 0 Å². The molecule has 0 radical (unpaired) electrons. The summed E-state index contributed by atoms with van der Waals surface area (Å²) in [5, 5.41) is 19.2. The Labute approximate surface area is 108 Å². The first-order chi connectivity index (χ1) is 8.70. The fourth-order valence-corrected chi connectivity index (χ4v) is 2.32. The van der Waals surface area contributed by atoms with Crippen molar-refractivity contribution in [2.75, 3.05) is 0 Å². The number of benzene rings is 2. The number of phenolic OH excluding ortho intramolecular Hbond substituents is 2. The molecule has 0 aromatic heterocycles. The third kappa shape index (κ3) is 2.83. The van der Waals surface area contributed by atoms with Crippen molar-refractivity contribution in [1.82, 2.24) is 0 Å². The Morgan fingerprint density at radius 2 is 1.50 bits per heavy atom. The Morgan fingerprint density at radius 1 is 0.889 bits per heavy atom. The van der Waals surface area contributed by atoms with Gasteiger partial charge in [-0.3, -0.25) is 0 Å². The second-order valence-corrected chi connectivity index (χ2v) is 4.53. The molecule has 1 atom stereocenters. The van der Waals surface area contributed by atoms with Crippen molar-refractivity contribution in [2.24, 2.45) is 0 Å². The normalized spacial score (nSPS) is 12.3. The van der Waals surface area contributed by atoms with Crippen LogP contribution in [0.5, 0.6) is 11.5 Å². The van der Waals surface area contributed by atoms with Crippen molar-refractivity contribution in [3.63, 3.8) is 0 Å². The molecular weight excluding hydrogens is 224 g/mol. The van der Waals surface area contributed by atoms with E-state index in [9.17, 15) is 10.2 Å². The van der Waals surface area contributed by atoms with Crippen molar-refractivity contribution in [3.8, 4) is 11.5 Å². The smallest absolute Gasteiger partial charge is 0.119 e. The van der Waals surface area contributed by atoms with Crippen molar-refractivity contribution in [1.29, 1.82) is 0 Å². The monoisotopic (exact) mass is 242 g/mol. The lowest BCUT2D eigenvalue weighted by atomic mass is 9.87. The Bertz CT molecular complexity index is 486. The predicted molar refractivity (Wildman–Crippen MR) is 73.0 cm³/mol. The Balaban J connectivity index is 2.41. The topological polar surface area (TPSA) is 40.5 Å². The fraction of sp³-hybridized carbons (Fsp3) is 0.250. The van der Waals surface area contributed by atoms with Gasteiger partial charge in [0.2, 0.25) is 0 Å². The molecule has 0 heterocycles. The molecule has 0 spiro atoms. The van der Waals surface area contributed by atoms with E-state index >= 15 is 0 Å². The molecule has 0 bridgehead atoms. The van der Waals surface area contributed by atoms with Crippen LogP contribution < -0.4 is 0 Å². The van der Waals surface area contributed by atoms with Gasteiger partial charge in [0.1, 0.15) is 11.5 Å². The summed E-state index contributed by atoms with van der Waals surface area (Å²) >= 11 is 0. The van der Waals surface area contributed by atoms with Crippen molar-refractivity contribution < 1.29 is 10.2 Å². The average molecular weight is 242 g/mol. The van der Waals surface area contributed by atoms with Crippen LogP contribution >= 0.6 is 0 Å². The maximum absolute atomic E-state index is 9.60. The van der Waals surface area contributed by atoms with Crippen LogP contribution in [0.15, 0.2) is 48.5 Å². The molecule has 0 saturated heterocycles. The summed E-state index contributed by atoms with van der Waals surface area (Å²) in [6, 6.07) is 15.0. The van der Waals surface area contributed by atoms with Crippen LogP contribution in [-0.4, -0.2) is 10.2 Å². The number of phenols is 2. The molecular formula is C16H18O2. The minimum atomic E-state index is 0.113. The molecule has 2 nitrogen and oxygen atoms in total. The lowest BCUT2D eigenvalue weighted by Gasteiger charge is -2.17. The standard InChI is InChI=1S/C16H18O2/c1-2-6-16(12-7-4-3-5-8-12)13-9-14(17)11-15(18)10-13/h3-5,7-11,16-18H,2,6H2,1H3. The summed E-state index contributed by atoms with van der Waals surface area (Å²) < 4.78 is 0. The highest BCUT2D eigenvalue weighted by atomic mass is 16.3. The number of rotatable bonds is 4. The molecule has 2 aromatic rings. The van der Waals surface area contributed by atoms with Crippen LogP contribution in [0.25, 0.3) is 0 Å². The molecule has 0 aliphatic carbocycles. The van der Waals surface area contributed by atoms with E-state index < -0.39 is 0 Å². The number of aromatic hydroxyl groups is 2. The van der Waals surface area contributed by atoms with E-state index in [4.69, 9.17) is 0 Å². The maximum Gasteiger partial charge on any atom is 0.119 e. The number of hydrogen-bond acceptors (Lipinski definition) is 2. The van der Waals surface area contributed by atoms with Crippen molar-refractivity contribution >= 4 is 0 Å². The second kappa shape index (κ2) is 5.58. The largest absolute Gasteiger partial charge is 0.508 e. The summed E-state index contributed by atoms with van der Waals surface area (Å²) in [7, 11) is 0.